The lowest BCUT2D eigenvalue weighted by Gasteiger charge is -2.40. The number of fused-ring (bicyclic) bond motifs is 1. The monoisotopic (exact) mass is 580 g/mol. The molecule has 0 radical (unpaired) electrons. The molecule has 0 aliphatic carbocycles. The summed E-state index contributed by atoms with van der Waals surface area (Å²) in [6.07, 6.45) is -6.26. The molecular weight excluding hydrogens is 552 g/mol. The lowest BCUT2D eigenvalue weighted by molar-refractivity contribution is -0.278. The molecule has 1 fully saturated rings. The first-order chi connectivity index (χ1) is 20.1. The number of phenolic OH excluding ortho intramolecular Hbond substituents is 3. The van der Waals surface area contributed by atoms with Gasteiger partial charge >= 0.3 is 5.97 Å². The van der Waals surface area contributed by atoms with Crippen molar-refractivity contribution in [1.82, 2.24) is 0 Å². The fourth-order valence-electron chi connectivity index (χ4n) is 4.56. The van der Waals surface area contributed by atoms with Gasteiger partial charge < -0.3 is 49.6 Å². The zero-order chi connectivity index (χ0) is 30.0. The summed E-state index contributed by atoms with van der Waals surface area (Å²) in [7, 11) is 0. The van der Waals surface area contributed by atoms with Crippen LogP contribution < -0.4 is 9.47 Å². The second kappa shape index (κ2) is 12.1. The van der Waals surface area contributed by atoms with Gasteiger partial charge in [-0.1, -0.05) is 24.3 Å². The largest absolute Gasteiger partial charge is 0.508 e. The van der Waals surface area contributed by atoms with E-state index in [1.54, 1.807) is 24.3 Å². The summed E-state index contributed by atoms with van der Waals surface area (Å²) in [5.74, 6) is -1.93. The molecule has 0 spiro atoms. The van der Waals surface area contributed by atoms with Crippen molar-refractivity contribution in [2.75, 3.05) is 6.61 Å². The second-order valence-corrected chi connectivity index (χ2v) is 9.80. The number of Topliss-reactive ketones (excluding diaryl/α,β-unsaturated/α-hetero) is 1. The van der Waals surface area contributed by atoms with Gasteiger partial charge in [0.15, 0.2) is 17.3 Å². The van der Waals surface area contributed by atoms with E-state index < -0.39 is 55.1 Å². The first kappa shape index (κ1) is 28.9. The third-order valence-corrected chi connectivity index (χ3v) is 6.90. The zero-order valence-corrected chi connectivity index (χ0v) is 21.9. The first-order valence-corrected chi connectivity index (χ1v) is 13.0. The minimum Gasteiger partial charge on any atom is -0.508 e. The molecule has 5 rings (SSSR count). The van der Waals surface area contributed by atoms with Gasteiger partial charge in [-0.25, -0.2) is 4.79 Å². The van der Waals surface area contributed by atoms with Crippen molar-refractivity contribution in [1.29, 1.82) is 0 Å². The van der Waals surface area contributed by atoms with Gasteiger partial charge in [-0.2, -0.15) is 0 Å². The number of esters is 1. The molecule has 12 nitrogen and oxygen atoms in total. The van der Waals surface area contributed by atoms with Crippen LogP contribution in [0.4, 0.5) is 0 Å². The number of benzene rings is 3. The third kappa shape index (κ3) is 6.16. The van der Waals surface area contributed by atoms with Crippen molar-refractivity contribution in [2.24, 2.45) is 0 Å². The van der Waals surface area contributed by atoms with Gasteiger partial charge in [0.2, 0.25) is 12.0 Å². The van der Waals surface area contributed by atoms with E-state index in [0.29, 0.717) is 11.1 Å². The van der Waals surface area contributed by atoms with Gasteiger partial charge in [-0.05, 0) is 53.6 Å². The molecule has 6 N–H and O–H groups in total. The van der Waals surface area contributed by atoms with Crippen LogP contribution >= 0.6 is 0 Å². The Kier molecular flexibility index (Phi) is 8.31. The van der Waals surface area contributed by atoms with Crippen molar-refractivity contribution in [3.63, 3.8) is 0 Å². The summed E-state index contributed by atoms with van der Waals surface area (Å²) in [4.78, 5) is 24.9. The summed E-state index contributed by atoms with van der Waals surface area (Å²) in [6, 6.07) is 14.8. The number of carbonyl (C=O) groups is 2. The number of aliphatic hydroxyl groups excluding tert-OH is 3. The van der Waals surface area contributed by atoms with Gasteiger partial charge in [-0.15, -0.1) is 0 Å². The Labute approximate surface area is 239 Å². The van der Waals surface area contributed by atoms with E-state index in [2.05, 4.69) is 0 Å². The van der Waals surface area contributed by atoms with E-state index in [-0.39, 0.29) is 40.8 Å². The smallest absolute Gasteiger partial charge is 0.330 e. The van der Waals surface area contributed by atoms with Gasteiger partial charge in [0.05, 0.1) is 12.0 Å². The predicted molar refractivity (Wildman–Crippen MR) is 144 cm³/mol. The highest BCUT2D eigenvalue weighted by atomic mass is 16.7. The molecule has 3 aromatic carbocycles. The predicted octanol–water partition coefficient (Wildman–Crippen LogP) is 1.95. The van der Waals surface area contributed by atoms with Crippen molar-refractivity contribution in [3.8, 4) is 28.7 Å². The highest BCUT2D eigenvalue weighted by Crippen LogP contribution is 2.46. The molecule has 12 heteroatoms. The van der Waals surface area contributed by atoms with Crippen LogP contribution in [0.5, 0.6) is 28.7 Å². The average molecular weight is 581 g/mol. The SMILES string of the molecule is O=C(C=Cc1ccc(O)cc1)OC[C@@H]1O[C@@H](Oc2ccc3c(c2O)O[C@H](c2ccc(O)cc2)CC3=O)[C@@H](O)[C@@H](O)[C@@H]1O. The number of rotatable bonds is 7. The van der Waals surface area contributed by atoms with Crippen LogP contribution in [0.25, 0.3) is 6.08 Å². The van der Waals surface area contributed by atoms with Crippen LogP contribution in [0.3, 0.4) is 0 Å². The van der Waals surface area contributed by atoms with Crippen molar-refractivity contribution >= 4 is 17.8 Å². The summed E-state index contributed by atoms with van der Waals surface area (Å²) in [5.41, 5.74) is 1.33. The van der Waals surface area contributed by atoms with Crippen molar-refractivity contribution < 1.29 is 59.2 Å². The van der Waals surface area contributed by atoms with Crippen LogP contribution in [0.15, 0.2) is 66.7 Å². The summed E-state index contributed by atoms with van der Waals surface area (Å²) < 4.78 is 22.2. The van der Waals surface area contributed by atoms with Crippen LogP contribution in [0, 0.1) is 0 Å². The maximum absolute atomic E-state index is 12.8. The Morgan fingerprint density at radius 2 is 1.55 bits per heavy atom. The van der Waals surface area contributed by atoms with E-state index >= 15 is 0 Å². The molecule has 42 heavy (non-hydrogen) atoms. The fraction of sp³-hybridized carbons (Fsp3) is 0.267. The van der Waals surface area contributed by atoms with E-state index in [1.165, 1.54) is 42.5 Å². The Morgan fingerprint density at radius 1 is 0.881 bits per heavy atom. The quantitative estimate of drug-likeness (QED) is 0.176. The van der Waals surface area contributed by atoms with E-state index in [0.717, 1.165) is 6.08 Å². The molecule has 6 atom stereocenters. The molecule has 0 saturated carbocycles. The molecule has 1 saturated heterocycles. The molecule has 2 aliphatic rings. The topological polar surface area (TPSA) is 192 Å². The first-order valence-electron chi connectivity index (χ1n) is 13.0. The number of aliphatic hydroxyl groups is 3. The van der Waals surface area contributed by atoms with Gasteiger partial charge in [0.25, 0.3) is 0 Å². The number of ketones is 1. The van der Waals surface area contributed by atoms with Gasteiger partial charge in [0, 0.05) is 6.08 Å². The van der Waals surface area contributed by atoms with E-state index in [9.17, 15) is 40.2 Å². The van der Waals surface area contributed by atoms with Crippen molar-refractivity contribution in [3.05, 3.63) is 83.4 Å². The lowest BCUT2D eigenvalue weighted by Crippen LogP contribution is -2.60. The number of phenols is 3. The summed E-state index contributed by atoms with van der Waals surface area (Å²) >= 11 is 0. The minimum atomic E-state index is -1.76. The summed E-state index contributed by atoms with van der Waals surface area (Å²) in [6.45, 7) is -0.508. The summed E-state index contributed by atoms with van der Waals surface area (Å²) in [5, 5.41) is 61.1. The van der Waals surface area contributed by atoms with Crippen LogP contribution in [-0.2, 0) is 14.3 Å². The molecule has 0 aromatic heterocycles. The molecule has 0 bridgehead atoms. The van der Waals surface area contributed by atoms with E-state index in [4.69, 9.17) is 18.9 Å². The second-order valence-electron chi connectivity index (χ2n) is 9.80. The molecule has 220 valence electrons. The van der Waals surface area contributed by atoms with Crippen LogP contribution in [-0.4, -0.2) is 79.7 Å². The molecular formula is C30H28O12. The Balaban J connectivity index is 1.27. The highest BCUT2D eigenvalue weighted by molar-refractivity contribution is 6.01. The molecule has 2 heterocycles. The molecule has 2 aliphatic heterocycles. The minimum absolute atomic E-state index is 0.00349. The normalized spacial score (nSPS) is 25.5. The van der Waals surface area contributed by atoms with Crippen LogP contribution in [0.2, 0.25) is 0 Å². The van der Waals surface area contributed by atoms with Gasteiger partial charge in [0.1, 0.15) is 48.6 Å². The number of hydrogen-bond donors (Lipinski definition) is 6. The zero-order valence-electron chi connectivity index (χ0n) is 21.9. The standard InChI is InChI=1S/C30H28O12/c31-17-6-1-15(2-7-17)3-12-24(34)39-14-23-25(35)27(37)28(38)30(42-23)41-21-11-10-19-20(33)13-22(40-29(19)26(21)36)16-4-8-18(32)9-5-16/h1-12,22-23,25,27-28,30-32,35-38H,13-14H2/t22-,23-,25+,27-,28-,30+/m0/s1. The van der Waals surface area contributed by atoms with Crippen LogP contribution in [0.1, 0.15) is 34.0 Å². The van der Waals surface area contributed by atoms with Gasteiger partial charge in [-0.3, -0.25) is 4.79 Å². The Morgan fingerprint density at radius 3 is 2.24 bits per heavy atom. The Bertz CT molecular complexity index is 1470. The molecule has 0 unspecified atom stereocenters. The lowest BCUT2D eigenvalue weighted by atomic mass is 9.95. The fourth-order valence-corrected chi connectivity index (χ4v) is 4.56. The highest BCUT2D eigenvalue weighted by Gasteiger charge is 2.46. The molecule has 3 aromatic rings. The van der Waals surface area contributed by atoms with Crippen molar-refractivity contribution in [2.45, 2.75) is 43.2 Å². The Hall–Kier alpha value is -4.62. The number of aromatic hydroxyl groups is 3. The van der Waals surface area contributed by atoms with E-state index in [1.807, 2.05) is 0 Å². The number of ether oxygens (including phenoxy) is 4. The maximum Gasteiger partial charge on any atom is 0.330 e. The maximum atomic E-state index is 12.8. The molecule has 0 amide bonds. The number of hydrogen-bond acceptors (Lipinski definition) is 12. The number of carbonyl (C=O) groups excluding carboxylic acids is 2. The third-order valence-electron chi connectivity index (χ3n) is 6.90. The average Bonchev–Trinajstić information content (AvgIpc) is 2.98.